The summed E-state index contributed by atoms with van der Waals surface area (Å²) in [6, 6.07) is 14.5. The molecule has 3 heterocycles. The molecular weight excluding hydrogens is 418 g/mol. The van der Waals surface area contributed by atoms with E-state index >= 15 is 0 Å². The first-order valence-electron chi connectivity index (χ1n) is 9.37. The maximum Gasteiger partial charge on any atom is 0.251 e. The number of nitrogens with one attached hydrogen (secondary N) is 2. The minimum Gasteiger partial charge on any atom is -0.468 e. The van der Waals surface area contributed by atoms with E-state index in [2.05, 4.69) is 20.1 Å². The van der Waals surface area contributed by atoms with Crippen LogP contribution in [-0.4, -0.2) is 29.1 Å². The van der Waals surface area contributed by atoms with Gasteiger partial charge >= 0.3 is 0 Å². The fraction of sp³-hybridized carbons (Fsp3) is 0.0952. The van der Waals surface area contributed by atoms with E-state index < -0.39 is 10.0 Å². The number of hydrogen-bond acceptors (Lipinski definition) is 6. The number of rotatable bonds is 8. The van der Waals surface area contributed by atoms with Crippen LogP contribution < -0.4 is 10.0 Å². The first kappa shape index (κ1) is 20.5. The molecule has 9 nitrogen and oxygen atoms in total. The second kappa shape index (κ2) is 8.94. The van der Waals surface area contributed by atoms with Crippen LogP contribution >= 0.6 is 0 Å². The predicted molar refractivity (Wildman–Crippen MR) is 112 cm³/mol. The van der Waals surface area contributed by atoms with Crippen molar-refractivity contribution in [2.45, 2.75) is 18.0 Å². The highest BCUT2D eigenvalue weighted by molar-refractivity contribution is 7.89. The SMILES string of the molecule is O=C(NCc1cccnc1-n1cccn1)c1ccc(S(=O)(=O)NCc2ccco2)cc1. The van der Waals surface area contributed by atoms with Crippen molar-refractivity contribution in [1.82, 2.24) is 24.8 Å². The lowest BCUT2D eigenvalue weighted by atomic mass is 10.2. The number of nitrogens with zero attached hydrogens (tertiary/aromatic N) is 3. The summed E-state index contributed by atoms with van der Waals surface area (Å²) in [5, 5.41) is 6.99. The molecule has 1 aromatic carbocycles. The van der Waals surface area contributed by atoms with Crippen molar-refractivity contribution in [1.29, 1.82) is 0 Å². The minimum atomic E-state index is -3.72. The van der Waals surface area contributed by atoms with Crippen LogP contribution in [0.25, 0.3) is 5.82 Å². The van der Waals surface area contributed by atoms with E-state index in [0.717, 1.165) is 5.56 Å². The molecule has 1 amide bonds. The summed E-state index contributed by atoms with van der Waals surface area (Å²) >= 11 is 0. The molecule has 0 spiro atoms. The van der Waals surface area contributed by atoms with Crippen LogP contribution in [0.2, 0.25) is 0 Å². The van der Waals surface area contributed by atoms with Crippen LogP contribution in [0.4, 0.5) is 0 Å². The second-order valence-electron chi connectivity index (χ2n) is 6.55. The number of carbonyl (C=O) groups excluding carboxylic acids is 1. The predicted octanol–water partition coefficient (Wildman–Crippen LogP) is 2.27. The van der Waals surface area contributed by atoms with Crippen LogP contribution in [-0.2, 0) is 23.1 Å². The number of carbonyl (C=O) groups is 1. The Morgan fingerprint density at radius 3 is 2.55 bits per heavy atom. The maximum absolute atomic E-state index is 12.5. The number of furan rings is 1. The zero-order chi connectivity index (χ0) is 21.7. The molecule has 0 saturated carbocycles. The summed E-state index contributed by atoms with van der Waals surface area (Å²) < 4.78 is 34.0. The Labute approximate surface area is 178 Å². The van der Waals surface area contributed by atoms with Crippen molar-refractivity contribution in [2.75, 3.05) is 0 Å². The summed E-state index contributed by atoms with van der Waals surface area (Å²) in [6.07, 6.45) is 6.55. The van der Waals surface area contributed by atoms with Gasteiger partial charge in [-0.05, 0) is 48.5 Å². The van der Waals surface area contributed by atoms with Gasteiger partial charge < -0.3 is 9.73 Å². The monoisotopic (exact) mass is 437 g/mol. The molecule has 0 radical (unpaired) electrons. The molecule has 3 aromatic heterocycles. The smallest absolute Gasteiger partial charge is 0.251 e. The van der Waals surface area contributed by atoms with E-state index in [0.29, 0.717) is 17.1 Å². The van der Waals surface area contributed by atoms with E-state index in [1.54, 1.807) is 47.5 Å². The largest absolute Gasteiger partial charge is 0.468 e. The third-order valence-electron chi connectivity index (χ3n) is 4.47. The number of aromatic nitrogens is 3. The Hall–Kier alpha value is -3.76. The van der Waals surface area contributed by atoms with Crippen LogP contribution in [0, 0.1) is 0 Å². The molecule has 0 unspecified atom stereocenters. The summed E-state index contributed by atoms with van der Waals surface area (Å²) in [5.41, 5.74) is 1.13. The van der Waals surface area contributed by atoms with Crippen molar-refractivity contribution in [3.63, 3.8) is 0 Å². The van der Waals surface area contributed by atoms with Gasteiger partial charge in [-0.3, -0.25) is 4.79 Å². The van der Waals surface area contributed by atoms with Crippen molar-refractivity contribution >= 4 is 15.9 Å². The second-order valence-corrected chi connectivity index (χ2v) is 8.31. The van der Waals surface area contributed by atoms with E-state index in [-0.39, 0.29) is 23.9 Å². The van der Waals surface area contributed by atoms with Crippen LogP contribution in [0.5, 0.6) is 0 Å². The van der Waals surface area contributed by atoms with Gasteiger partial charge in [0.2, 0.25) is 10.0 Å². The van der Waals surface area contributed by atoms with Gasteiger partial charge in [-0.2, -0.15) is 5.10 Å². The molecule has 4 aromatic rings. The highest BCUT2D eigenvalue weighted by Gasteiger charge is 2.16. The van der Waals surface area contributed by atoms with Gasteiger partial charge in [0.15, 0.2) is 5.82 Å². The minimum absolute atomic E-state index is 0.0429. The number of amides is 1. The molecule has 0 aliphatic rings. The van der Waals surface area contributed by atoms with Gasteiger partial charge in [-0.1, -0.05) is 6.07 Å². The van der Waals surface area contributed by atoms with E-state index in [1.165, 1.54) is 30.5 Å². The number of sulfonamides is 1. The van der Waals surface area contributed by atoms with Gasteiger partial charge in [0.05, 0.1) is 17.7 Å². The molecular formula is C21H19N5O4S. The van der Waals surface area contributed by atoms with Crippen molar-refractivity contribution in [3.8, 4) is 5.82 Å². The van der Waals surface area contributed by atoms with Crippen LogP contribution in [0.3, 0.4) is 0 Å². The molecule has 0 aliphatic carbocycles. The van der Waals surface area contributed by atoms with Gasteiger partial charge in [-0.25, -0.2) is 22.8 Å². The molecule has 2 N–H and O–H groups in total. The van der Waals surface area contributed by atoms with Crippen LogP contribution in [0.1, 0.15) is 21.7 Å². The summed E-state index contributed by atoms with van der Waals surface area (Å²) in [7, 11) is -3.72. The van der Waals surface area contributed by atoms with Gasteiger partial charge in [0.25, 0.3) is 5.91 Å². The molecule has 10 heteroatoms. The molecule has 0 atom stereocenters. The molecule has 0 bridgehead atoms. The van der Waals surface area contributed by atoms with Gasteiger partial charge in [-0.15, -0.1) is 0 Å². The first-order chi connectivity index (χ1) is 15.0. The number of pyridine rings is 1. The highest BCUT2D eigenvalue weighted by atomic mass is 32.2. The Morgan fingerprint density at radius 1 is 1.00 bits per heavy atom. The molecule has 0 saturated heterocycles. The van der Waals surface area contributed by atoms with E-state index in [9.17, 15) is 13.2 Å². The average molecular weight is 437 g/mol. The topological polar surface area (TPSA) is 119 Å². The van der Waals surface area contributed by atoms with Crippen molar-refractivity contribution in [3.05, 3.63) is 96.3 Å². The lowest BCUT2D eigenvalue weighted by molar-refractivity contribution is 0.0950. The van der Waals surface area contributed by atoms with Crippen molar-refractivity contribution in [2.24, 2.45) is 0 Å². The third-order valence-corrected chi connectivity index (χ3v) is 5.89. The van der Waals surface area contributed by atoms with Crippen molar-refractivity contribution < 1.29 is 17.6 Å². The van der Waals surface area contributed by atoms with E-state index in [4.69, 9.17) is 4.42 Å². The van der Waals surface area contributed by atoms with Gasteiger partial charge in [0, 0.05) is 36.3 Å². The fourth-order valence-corrected chi connectivity index (χ4v) is 3.89. The fourth-order valence-electron chi connectivity index (χ4n) is 2.89. The highest BCUT2D eigenvalue weighted by Crippen LogP contribution is 2.13. The molecule has 4 rings (SSSR count). The molecule has 0 aliphatic heterocycles. The third kappa shape index (κ3) is 4.87. The normalized spacial score (nSPS) is 11.4. The average Bonchev–Trinajstić information content (AvgIpc) is 3.51. The summed E-state index contributed by atoms with van der Waals surface area (Å²) in [5.74, 6) is 0.795. The lowest BCUT2D eigenvalue weighted by Gasteiger charge is -2.10. The Balaban J connectivity index is 1.40. The zero-order valence-corrected chi connectivity index (χ0v) is 17.1. The van der Waals surface area contributed by atoms with Crippen LogP contribution in [0.15, 0.2) is 88.8 Å². The molecule has 158 valence electrons. The van der Waals surface area contributed by atoms with Gasteiger partial charge in [0.1, 0.15) is 5.76 Å². The number of hydrogen-bond donors (Lipinski definition) is 2. The Kier molecular flexibility index (Phi) is 5.92. The lowest BCUT2D eigenvalue weighted by Crippen LogP contribution is -2.25. The molecule has 31 heavy (non-hydrogen) atoms. The van der Waals surface area contributed by atoms with E-state index in [1.807, 2.05) is 6.07 Å². The Morgan fingerprint density at radius 2 is 1.84 bits per heavy atom. The summed E-state index contributed by atoms with van der Waals surface area (Å²) in [6.45, 7) is 0.286. The maximum atomic E-state index is 12.5. The number of benzene rings is 1. The zero-order valence-electron chi connectivity index (χ0n) is 16.3. The standard InChI is InChI=1S/C21H19N5O4S/c27-21(23-14-17-4-1-10-22-20(17)26-12-3-11-24-26)16-6-8-19(9-7-16)31(28,29)25-15-18-5-2-13-30-18/h1-13,25H,14-15H2,(H,23,27). The Bertz CT molecular complexity index is 1250. The molecule has 0 fully saturated rings. The summed E-state index contributed by atoms with van der Waals surface area (Å²) in [4.78, 5) is 16.9. The first-order valence-corrected chi connectivity index (χ1v) is 10.9. The quantitative estimate of drug-likeness (QED) is 0.436.